The van der Waals surface area contributed by atoms with Crippen LogP contribution in [0.1, 0.15) is 38.3 Å². The monoisotopic (exact) mass is 480 g/mol. The highest BCUT2D eigenvalue weighted by Gasteiger charge is 2.29. The van der Waals surface area contributed by atoms with E-state index in [0.717, 1.165) is 11.1 Å². The Morgan fingerprint density at radius 1 is 1.06 bits per heavy atom. The van der Waals surface area contributed by atoms with Crippen molar-refractivity contribution in [2.45, 2.75) is 45.5 Å². The van der Waals surface area contributed by atoms with Gasteiger partial charge in [0.1, 0.15) is 6.04 Å². The summed E-state index contributed by atoms with van der Waals surface area (Å²) in [5.74, 6) is 1.11. The lowest BCUT2D eigenvalue weighted by atomic mass is 10.1. The van der Waals surface area contributed by atoms with Crippen molar-refractivity contribution in [2.24, 2.45) is 5.92 Å². The van der Waals surface area contributed by atoms with Crippen LogP contribution in [0.4, 0.5) is 0 Å². The number of hydrogen-bond donors (Lipinski definition) is 1. The van der Waals surface area contributed by atoms with Gasteiger partial charge in [0.25, 0.3) is 0 Å². The van der Waals surface area contributed by atoms with E-state index >= 15 is 0 Å². The Balaban J connectivity index is 2.12. The number of hydrogen-bond acceptors (Lipinski definition) is 3. The molecule has 0 fully saturated rings. The summed E-state index contributed by atoms with van der Waals surface area (Å²) in [6.07, 6.45) is 0.530. The first kappa shape index (κ1) is 25.6. The van der Waals surface area contributed by atoms with Crippen LogP contribution in [-0.2, 0) is 21.9 Å². The van der Waals surface area contributed by atoms with Crippen LogP contribution in [0.15, 0.2) is 48.5 Å². The first-order chi connectivity index (χ1) is 14.8. The van der Waals surface area contributed by atoms with Crippen LogP contribution in [0, 0.1) is 5.92 Å². The Bertz CT molecular complexity index is 859. The van der Waals surface area contributed by atoms with Crippen molar-refractivity contribution in [3.05, 3.63) is 69.7 Å². The van der Waals surface area contributed by atoms with E-state index in [0.29, 0.717) is 41.2 Å². The Morgan fingerprint density at radius 2 is 1.74 bits per heavy atom. The van der Waals surface area contributed by atoms with Crippen LogP contribution in [0.3, 0.4) is 0 Å². The van der Waals surface area contributed by atoms with Gasteiger partial charge in [-0.25, -0.2) is 0 Å². The molecule has 1 atom stereocenters. The standard InChI is InChI=1S/C24H30Cl2N2O2S/c1-4-22(24(30)27-13-17(2)3)28(14-19-7-5-6-8-21(19)26)23(29)16-31-15-18-9-11-20(25)12-10-18/h5-12,17,22H,4,13-16H2,1-3H3,(H,27,30)/t22-/m1/s1. The van der Waals surface area contributed by atoms with Crippen LogP contribution >= 0.6 is 35.0 Å². The number of nitrogens with one attached hydrogen (secondary N) is 1. The van der Waals surface area contributed by atoms with Gasteiger partial charge in [-0.2, -0.15) is 0 Å². The molecule has 0 aliphatic rings. The largest absolute Gasteiger partial charge is 0.354 e. The number of amides is 2. The molecule has 2 aromatic rings. The fourth-order valence-electron chi connectivity index (χ4n) is 3.07. The molecule has 0 radical (unpaired) electrons. The minimum Gasteiger partial charge on any atom is -0.354 e. The van der Waals surface area contributed by atoms with Gasteiger partial charge in [0.2, 0.25) is 11.8 Å². The van der Waals surface area contributed by atoms with E-state index in [1.807, 2.05) is 63.2 Å². The maximum absolute atomic E-state index is 13.2. The quantitative estimate of drug-likeness (QED) is 0.441. The van der Waals surface area contributed by atoms with Gasteiger partial charge in [-0.3, -0.25) is 9.59 Å². The molecule has 0 saturated heterocycles. The Labute approximate surface area is 199 Å². The molecule has 1 N–H and O–H groups in total. The van der Waals surface area contributed by atoms with Crippen molar-refractivity contribution in [2.75, 3.05) is 12.3 Å². The van der Waals surface area contributed by atoms with Crippen LogP contribution in [0.25, 0.3) is 0 Å². The van der Waals surface area contributed by atoms with Crippen LogP contribution in [-0.4, -0.2) is 35.1 Å². The van der Waals surface area contributed by atoms with E-state index in [9.17, 15) is 9.59 Å². The summed E-state index contributed by atoms with van der Waals surface area (Å²) in [5, 5.41) is 4.25. The molecule has 0 aliphatic carbocycles. The molecule has 0 aliphatic heterocycles. The van der Waals surface area contributed by atoms with Crippen LogP contribution < -0.4 is 5.32 Å². The summed E-state index contributed by atoms with van der Waals surface area (Å²) in [5.41, 5.74) is 1.93. The van der Waals surface area contributed by atoms with E-state index in [4.69, 9.17) is 23.2 Å². The number of rotatable bonds is 11. The Kier molecular flexibility index (Phi) is 10.7. The number of benzene rings is 2. The van der Waals surface area contributed by atoms with Gasteiger partial charge in [-0.05, 0) is 41.7 Å². The molecule has 0 bridgehead atoms. The average Bonchev–Trinajstić information content (AvgIpc) is 2.74. The number of thioether (sulfide) groups is 1. The predicted octanol–water partition coefficient (Wildman–Crippen LogP) is 5.81. The van der Waals surface area contributed by atoms with E-state index in [1.165, 1.54) is 11.8 Å². The van der Waals surface area contributed by atoms with Gasteiger partial charge in [-0.1, -0.05) is 74.3 Å². The Morgan fingerprint density at radius 3 is 2.35 bits per heavy atom. The van der Waals surface area contributed by atoms with E-state index in [1.54, 1.807) is 11.0 Å². The fraction of sp³-hybridized carbons (Fsp3) is 0.417. The van der Waals surface area contributed by atoms with Crippen molar-refractivity contribution >= 4 is 46.8 Å². The van der Waals surface area contributed by atoms with Gasteiger partial charge in [-0.15, -0.1) is 11.8 Å². The van der Waals surface area contributed by atoms with E-state index in [-0.39, 0.29) is 17.6 Å². The first-order valence-electron chi connectivity index (χ1n) is 10.4. The van der Waals surface area contributed by atoms with Crippen molar-refractivity contribution < 1.29 is 9.59 Å². The fourth-order valence-corrected chi connectivity index (χ4v) is 4.26. The molecular formula is C24H30Cl2N2O2S. The molecule has 168 valence electrons. The highest BCUT2D eigenvalue weighted by Crippen LogP contribution is 2.22. The molecule has 0 heterocycles. The second kappa shape index (κ2) is 13.0. The molecule has 7 heteroatoms. The minimum absolute atomic E-state index is 0.0783. The van der Waals surface area contributed by atoms with Crippen LogP contribution in [0.2, 0.25) is 10.0 Å². The molecule has 2 aromatic carbocycles. The SMILES string of the molecule is CC[C@H](C(=O)NCC(C)C)N(Cc1ccccc1Cl)C(=O)CSCc1ccc(Cl)cc1. The maximum Gasteiger partial charge on any atom is 0.242 e. The third kappa shape index (κ3) is 8.40. The lowest BCUT2D eigenvalue weighted by Gasteiger charge is -2.31. The lowest BCUT2D eigenvalue weighted by Crippen LogP contribution is -2.50. The van der Waals surface area contributed by atoms with Crippen molar-refractivity contribution in [1.29, 1.82) is 0 Å². The third-order valence-electron chi connectivity index (χ3n) is 4.78. The molecular weight excluding hydrogens is 451 g/mol. The molecule has 2 rings (SSSR count). The summed E-state index contributed by atoms with van der Waals surface area (Å²) < 4.78 is 0. The van der Waals surface area contributed by atoms with Gasteiger partial charge in [0.15, 0.2) is 0 Å². The highest BCUT2D eigenvalue weighted by atomic mass is 35.5. The topological polar surface area (TPSA) is 49.4 Å². The lowest BCUT2D eigenvalue weighted by molar-refractivity contribution is -0.139. The van der Waals surface area contributed by atoms with Crippen molar-refractivity contribution in [3.8, 4) is 0 Å². The van der Waals surface area contributed by atoms with Crippen molar-refractivity contribution in [1.82, 2.24) is 10.2 Å². The summed E-state index contributed by atoms with van der Waals surface area (Å²) in [7, 11) is 0. The first-order valence-corrected chi connectivity index (χ1v) is 12.4. The number of carbonyl (C=O) groups is 2. The third-order valence-corrected chi connectivity index (χ3v) is 6.39. The average molecular weight is 481 g/mol. The van der Waals surface area contributed by atoms with Crippen LogP contribution in [0.5, 0.6) is 0 Å². The molecule has 2 amide bonds. The second-order valence-electron chi connectivity index (χ2n) is 7.80. The minimum atomic E-state index is -0.543. The van der Waals surface area contributed by atoms with E-state index in [2.05, 4.69) is 5.32 Å². The van der Waals surface area contributed by atoms with E-state index < -0.39 is 6.04 Å². The maximum atomic E-state index is 13.2. The zero-order chi connectivity index (χ0) is 22.8. The van der Waals surface area contributed by atoms with Gasteiger partial charge in [0.05, 0.1) is 5.75 Å². The summed E-state index contributed by atoms with van der Waals surface area (Å²) in [4.78, 5) is 27.7. The van der Waals surface area contributed by atoms with Gasteiger partial charge < -0.3 is 10.2 Å². The molecule has 4 nitrogen and oxygen atoms in total. The normalized spacial score (nSPS) is 11.9. The van der Waals surface area contributed by atoms with Crippen molar-refractivity contribution in [3.63, 3.8) is 0 Å². The molecule has 0 spiro atoms. The van der Waals surface area contributed by atoms with Gasteiger partial charge >= 0.3 is 0 Å². The summed E-state index contributed by atoms with van der Waals surface area (Å²) >= 11 is 13.8. The zero-order valence-corrected chi connectivity index (χ0v) is 20.6. The Hall–Kier alpha value is -1.69. The molecule has 31 heavy (non-hydrogen) atoms. The summed E-state index contributed by atoms with van der Waals surface area (Å²) in [6.45, 7) is 6.89. The highest BCUT2D eigenvalue weighted by molar-refractivity contribution is 7.99. The summed E-state index contributed by atoms with van der Waals surface area (Å²) in [6, 6.07) is 14.5. The number of halogens is 2. The molecule has 0 aromatic heterocycles. The second-order valence-corrected chi connectivity index (χ2v) is 9.62. The predicted molar refractivity (Wildman–Crippen MR) is 132 cm³/mol. The number of carbonyl (C=O) groups excluding carboxylic acids is 2. The number of nitrogens with zero attached hydrogens (tertiary/aromatic N) is 1. The molecule has 0 saturated carbocycles. The smallest absolute Gasteiger partial charge is 0.242 e. The molecule has 0 unspecified atom stereocenters. The zero-order valence-electron chi connectivity index (χ0n) is 18.2. The van der Waals surface area contributed by atoms with Gasteiger partial charge in [0, 0.05) is 28.9 Å².